The quantitative estimate of drug-likeness (QED) is 0.808. The van der Waals surface area contributed by atoms with Crippen molar-refractivity contribution in [1.29, 1.82) is 0 Å². The third-order valence-corrected chi connectivity index (χ3v) is 2.79. The maximum Gasteiger partial charge on any atom is 0.226 e. The SMILES string of the molecule is CC(C)C(C)Nc1nc(Cl)nc2nc[nH]c12. The minimum Gasteiger partial charge on any atom is -0.365 e. The predicted octanol–water partition coefficient (Wildman–Crippen LogP) is 2.46. The fraction of sp³-hybridized carbons (Fsp3) is 0.500. The molecule has 0 aliphatic rings. The van der Waals surface area contributed by atoms with Crippen LogP contribution in [0, 0.1) is 5.92 Å². The standard InChI is InChI=1S/C10H14ClN5/c1-5(2)6(3)14-9-7-8(13-4-12-7)15-10(11)16-9/h4-6H,1-3H3,(H2,12,13,14,15,16). The second-order valence-corrected chi connectivity index (χ2v) is 4.46. The molecule has 0 aliphatic carbocycles. The number of nitrogens with zero attached hydrogens (tertiary/aromatic N) is 3. The lowest BCUT2D eigenvalue weighted by molar-refractivity contribution is 0.558. The first-order chi connectivity index (χ1) is 7.58. The minimum atomic E-state index is 0.207. The van der Waals surface area contributed by atoms with Gasteiger partial charge in [-0.2, -0.15) is 9.97 Å². The van der Waals surface area contributed by atoms with Gasteiger partial charge in [0.05, 0.1) is 6.33 Å². The monoisotopic (exact) mass is 239 g/mol. The van der Waals surface area contributed by atoms with Crippen LogP contribution in [0.3, 0.4) is 0 Å². The molecule has 0 aliphatic heterocycles. The van der Waals surface area contributed by atoms with Gasteiger partial charge in [0.2, 0.25) is 5.28 Å². The van der Waals surface area contributed by atoms with E-state index >= 15 is 0 Å². The summed E-state index contributed by atoms with van der Waals surface area (Å²) in [5.74, 6) is 1.21. The van der Waals surface area contributed by atoms with Crippen LogP contribution in [0.1, 0.15) is 20.8 Å². The van der Waals surface area contributed by atoms with E-state index in [0.717, 1.165) is 5.52 Å². The molecule has 2 heterocycles. The zero-order valence-corrected chi connectivity index (χ0v) is 10.2. The van der Waals surface area contributed by atoms with Gasteiger partial charge in [0.15, 0.2) is 11.5 Å². The number of aromatic nitrogens is 4. The summed E-state index contributed by atoms with van der Waals surface area (Å²) in [6.45, 7) is 6.39. The van der Waals surface area contributed by atoms with Crippen molar-refractivity contribution in [2.45, 2.75) is 26.8 Å². The van der Waals surface area contributed by atoms with Crippen molar-refractivity contribution in [3.05, 3.63) is 11.6 Å². The highest BCUT2D eigenvalue weighted by atomic mass is 35.5. The third kappa shape index (κ3) is 2.09. The fourth-order valence-electron chi connectivity index (χ4n) is 1.29. The smallest absolute Gasteiger partial charge is 0.226 e. The van der Waals surface area contributed by atoms with E-state index in [2.05, 4.69) is 46.0 Å². The van der Waals surface area contributed by atoms with Crippen LogP contribution in [-0.4, -0.2) is 26.0 Å². The van der Waals surface area contributed by atoms with E-state index in [4.69, 9.17) is 11.6 Å². The molecule has 0 bridgehead atoms. The molecule has 0 saturated heterocycles. The van der Waals surface area contributed by atoms with E-state index in [9.17, 15) is 0 Å². The summed E-state index contributed by atoms with van der Waals surface area (Å²) < 4.78 is 0. The number of imidazole rings is 1. The Bertz CT molecular complexity index is 493. The average Bonchev–Trinajstić information content (AvgIpc) is 2.65. The highest BCUT2D eigenvalue weighted by Gasteiger charge is 2.13. The van der Waals surface area contributed by atoms with Crippen LogP contribution in [-0.2, 0) is 0 Å². The molecule has 0 saturated carbocycles. The van der Waals surface area contributed by atoms with Crippen LogP contribution >= 0.6 is 11.6 Å². The molecule has 1 atom stereocenters. The number of nitrogens with one attached hydrogen (secondary N) is 2. The molecule has 86 valence electrons. The topological polar surface area (TPSA) is 66.5 Å². The summed E-state index contributed by atoms with van der Waals surface area (Å²) in [4.78, 5) is 15.3. The van der Waals surface area contributed by atoms with Crippen LogP contribution in [0.25, 0.3) is 11.2 Å². The lowest BCUT2D eigenvalue weighted by atomic mass is 10.1. The number of aromatic amines is 1. The number of halogens is 1. The van der Waals surface area contributed by atoms with Gasteiger partial charge in [-0.3, -0.25) is 0 Å². The summed E-state index contributed by atoms with van der Waals surface area (Å²) >= 11 is 5.83. The van der Waals surface area contributed by atoms with Gasteiger partial charge in [0.1, 0.15) is 5.52 Å². The molecule has 1 unspecified atom stereocenters. The second-order valence-electron chi connectivity index (χ2n) is 4.12. The van der Waals surface area contributed by atoms with Gasteiger partial charge >= 0.3 is 0 Å². The Balaban J connectivity index is 2.39. The molecule has 0 radical (unpaired) electrons. The Labute approximate surface area is 98.7 Å². The largest absolute Gasteiger partial charge is 0.365 e. The number of rotatable bonds is 3. The predicted molar refractivity (Wildman–Crippen MR) is 64.6 cm³/mol. The van der Waals surface area contributed by atoms with E-state index in [1.54, 1.807) is 6.33 Å². The first-order valence-electron chi connectivity index (χ1n) is 5.21. The minimum absolute atomic E-state index is 0.207. The van der Waals surface area contributed by atoms with Crippen LogP contribution < -0.4 is 5.32 Å². The van der Waals surface area contributed by atoms with E-state index in [1.165, 1.54) is 0 Å². The van der Waals surface area contributed by atoms with Gasteiger partial charge in [0, 0.05) is 6.04 Å². The third-order valence-electron chi connectivity index (χ3n) is 2.62. The van der Waals surface area contributed by atoms with Crippen LogP contribution in [0.4, 0.5) is 5.82 Å². The maximum absolute atomic E-state index is 5.83. The normalized spacial score (nSPS) is 13.3. The van der Waals surface area contributed by atoms with E-state index in [0.29, 0.717) is 23.4 Å². The lowest BCUT2D eigenvalue weighted by Gasteiger charge is -2.18. The van der Waals surface area contributed by atoms with Crippen molar-refractivity contribution < 1.29 is 0 Å². The zero-order chi connectivity index (χ0) is 11.7. The van der Waals surface area contributed by atoms with Crippen molar-refractivity contribution in [3.8, 4) is 0 Å². The first-order valence-corrected chi connectivity index (χ1v) is 5.59. The molecule has 2 N–H and O–H groups in total. The molecule has 2 rings (SSSR count). The summed E-state index contributed by atoms with van der Waals surface area (Å²) in [6, 6.07) is 0.303. The van der Waals surface area contributed by atoms with Crippen molar-refractivity contribution in [3.63, 3.8) is 0 Å². The summed E-state index contributed by atoms with van der Waals surface area (Å²) in [7, 11) is 0. The molecule has 6 heteroatoms. The molecular weight excluding hydrogens is 226 g/mol. The van der Waals surface area contributed by atoms with Crippen LogP contribution in [0.2, 0.25) is 5.28 Å². The Morgan fingerprint density at radius 3 is 2.75 bits per heavy atom. The zero-order valence-electron chi connectivity index (χ0n) is 9.45. The van der Waals surface area contributed by atoms with Gasteiger partial charge in [-0.05, 0) is 24.4 Å². The lowest BCUT2D eigenvalue weighted by Crippen LogP contribution is -2.22. The molecule has 0 spiro atoms. The fourth-order valence-corrected chi connectivity index (χ4v) is 1.46. The average molecular weight is 240 g/mol. The van der Waals surface area contributed by atoms with Crippen molar-refractivity contribution in [1.82, 2.24) is 19.9 Å². The summed E-state index contributed by atoms with van der Waals surface area (Å²) in [6.07, 6.45) is 1.58. The van der Waals surface area contributed by atoms with Gasteiger partial charge in [-0.1, -0.05) is 13.8 Å². The number of anilines is 1. The number of fused-ring (bicyclic) bond motifs is 1. The van der Waals surface area contributed by atoms with Crippen LogP contribution in [0.5, 0.6) is 0 Å². The molecule has 5 nitrogen and oxygen atoms in total. The van der Waals surface area contributed by atoms with Gasteiger partial charge in [-0.25, -0.2) is 4.98 Å². The van der Waals surface area contributed by atoms with E-state index in [1.807, 2.05) is 0 Å². The van der Waals surface area contributed by atoms with Gasteiger partial charge in [-0.15, -0.1) is 0 Å². The van der Waals surface area contributed by atoms with E-state index < -0.39 is 0 Å². The van der Waals surface area contributed by atoms with Gasteiger partial charge < -0.3 is 10.3 Å². The molecule has 2 aromatic heterocycles. The Morgan fingerprint density at radius 2 is 2.06 bits per heavy atom. The van der Waals surface area contributed by atoms with Crippen molar-refractivity contribution in [2.24, 2.45) is 5.92 Å². The molecule has 0 fully saturated rings. The number of H-pyrrole nitrogens is 1. The molecule has 0 amide bonds. The molecule has 16 heavy (non-hydrogen) atoms. The van der Waals surface area contributed by atoms with Crippen molar-refractivity contribution in [2.75, 3.05) is 5.32 Å². The number of hydrogen-bond acceptors (Lipinski definition) is 4. The maximum atomic E-state index is 5.83. The van der Waals surface area contributed by atoms with Gasteiger partial charge in [0.25, 0.3) is 0 Å². The molecular formula is C10H14ClN5. The van der Waals surface area contributed by atoms with E-state index in [-0.39, 0.29) is 5.28 Å². The highest BCUT2D eigenvalue weighted by Crippen LogP contribution is 2.20. The Hall–Kier alpha value is -1.36. The molecule has 2 aromatic rings. The Kier molecular flexibility index (Phi) is 2.96. The molecule has 0 aromatic carbocycles. The van der Waals surface area contributed by atoms with Crippen molar-refractivity contribution >= 4 is 28.6 Å². The summed E-state index contributed by atoms with van der Waals surface area (Å²) in [5, 5.41) is 3.51. The second kappa shape index (κ2) is 4.25. The Morgan fingerprint density at radius 1 is 1.31 bits per heavy atom. The first kappa shape index (κ1) is 11.1. The highest BCUT2D eigenvalue weighted by molar-refractivity contribution is 6.28. The number of hydrogen-bond donors (Lipinski definition) is 2. The summed E-state index contributed by atoms with van der Waals surface area (Å²) in [5.41, 5.74) is 1.37. The van der Waals surface area contributed by atoms with Crippen LogP contribution in [0.15, 0.2) is 6.33 Å².